The molecule has 19 heavy (non-hydrogen) atoms. The first kappa shape index (κ1) is 15.3. The van der Waals surface area contributed by atoms with E-state index in [4.69, 9.17) is 9.47 Å². The lowest BCUT2D eigenvalue weighted by Gasteiger charge is -2.36. The second-order valence-electron chi connectivity index (χ2n) is 6.34. The second kappa shape index (κ2) is 7.61. The molecule has 0 aromatic carbocycles. The molecule has 1 atom stereocenters. The van der Waals surface area contributed by atoms with Crippen LogP contribution in [0.5, 0.6) is 0 Å². The highest BCUT2D eigenvalue weighted by atomic mass is 16.5. The van der Waals surface area contributed by atoms with E-state index in [1.54, 1.807) is 0 Å². The third kappa shape index (κ3) is 5.41. The Labute approximate surface area is 118 Å². The monoisotopic (exact) mass is 269 g/mol. The van der Waals surface area contributed by atoms with Crippen molar-refractivity contribution in [1.29, 1.82) is 0 Å². The standard InChI is InChI=1S/C16H31NO2/c1-3-18-12-14(2)19-16(13-17-15-8-9-15)10-6-4-5-7-11-16/h14-15,17H,3-13H2,1-2H3. The van der Waals surface area contributed by atoms with E-state index < -0.39 is 0 Å². The van der Waals surface area contributed by atoms with Crippen molar-refractivity contribution >= 4 is 0 Å². The Morgan fingerprint density at radius 2 is 1.84 bits per heavy atom. The summed E-state index contributed by atoms with van der Waals surface area (Å²) in [6.45, 7) is 6.74. The zero-order valence-corrected chi connectivity index (χ0v) is 12.7. The topological polar surface area (TPSA) is 30.5 Å². The summed E-state index contributed by atoms with van der Waals surface area (Å²) in [7, 11) is 0. The van der Waals surface area contributed by atoms with Gasteiger partial charge in [-0.3, -0.25) is 0 Å². The molecule has 3 nitrogen and oxygen atoms in total. The van der Waals surface area contributed by atoms with E-state index >= 15 is 0 Å². The molecule has 1 N–H and O–H groups in total. The van der Waals surface area contributed by atoms with Crippen LogP contribution in [0.2, 0.25) is 0 Å². The third-order valence-corrected chi connectivity index (χ3v) is 4.31. The first-order valence-electron chi connectivity index (χ1n) is 8.23. The van der Waals surface area contributed by atoms with Crippen molar-refractivity contribution in [3.05, 3.63) is 0 Å². The maximum absolute atomic E-state index is 6.45. The van der Waals surface area contributed by atoms with Gasteiger partial charge in [-0.25, -0.2) is 0 Å². The second-order valence-corrected chi connectivity index (χ2v) is 6.34. The summed E-state index contributed by atoms with van der Waals surface area (Å²) in [6, 6.07) is 0.769. The maximum atomic E-state index is 6.45. The predicted octanol–water partition coefficient (Wildman–Crippen LogP) is 3.27. The van der Waals surface area contributed by atoms with Crippen LogP contribution < -0.4 is 5.32 Å². The minimum absolute atomic E-state index is 0.0651. The summed E-state index contributed by atoms with van der Waals surface area (Å²) < 4.78 is 12.0. The van der Waals surface area contributed by atoms with E-state index in [9.17, 15) is 0 Å². The fourth-order valence-corrected chi connectivity index (χ4v) is 3.07. The lowest BCUT2D eigenvalue weighted by Crippen LogP contribution is -2.46. The first-order valence-corrected chi connectivity index (χ1v) is 8.23. The van der Waals surface area contributed by atoms with Crippen LogP contribution in [0.15, 0.2) is 0 Å². The Balaban J connectivity index is 1.86. The third-order valence-electron chi connectivity index (χ3n) is 4.31. The van der Waals surface area contributed by atoms with Crippen molar-refractivity contribution in [1.82, 2.24) is 5.32 Å². The number of nitrogens with one attached hydrogen (secondary N) is 1. The predicted molar refractivity (Wildman–Crippen MR) is 78.5 cm³/mol. The molecule has 0 radical (unpaired) electrons. The van der Waals surface area contributed by atoms with Gasteiger partial charge >= 0.3 is 0 Å². The van der Waals surface area contributed by atoms with Gasteiger partial charge in [0, 0.05) is 19.2 Å². The Hall–Kier alpha value is -0.120. The van der Waals surface area contributed by atoms with Gasteiger partial charge in [0.15, 0.2) is 0 Å². The molecule has 0 aromatic heterocycles. The highest BCUT2D eigenvalue weighted by Gasteiger charge is 2.35. The smallest absolute Gasteiger partial charge is 0.0811 e. The number of rotatable bonds is 8. The van der Waals surface area contributed by atoms with E-state index in [2.05, 4.69) is 12.2 Å². The van der Waals surface area contributed by atoms with Gasteiger partial charge in [-0.05, 0) is 39.5 Å². The van der Waals surface area contributed by atoms with Crippen LogP contribution in [0, 0.1) is 0 Å². The van der Waals surface area contributed by atoms with Crippen LogP contribution in [0.3, 0.4) is 0 Å². The average molecular weight is 269 g/mol. The molecule has 1 unspecified atom stereocenters. The molecule has 0 amide bonds. The van der Waals surface area contributed by atoms with Gasteiger partial charge in [0.05, 0.1) is 18.3 Å². The van der Waals surface area contributed by atoms with Crippen LogP contribution in [0.4, 0.5) is 0 Å². The number of hydrogen-bond donors (Lipinski definition) is 1. The largest absolute Gasteiger partial charge is 0.379 e. The van der Waals surface area contributed by atoms with Gasteiger partial charge in [0.25, 0.3) is 0 Å². The number of ether oxygens (including phenoxy) is 2. The molecule has 2 fully saturated rings. The molecule has 0 spiro atoms. The van der Waals surface area contributed by atoms with Gasteiger partial charge in [-0.15, -0.1) is 0 Å². The van der Waals surface area contributed by atoms with Gasteiger partial charge in [-0.2, -0.15) is 0 Å². The normalized spacial score (nSPS) is 24.9. The van der Waals surface area contributed by atoms with Crippen molar-refractivity contribution in [3.8, 4) is 0 Å². The van der Waals surface area contributed by atoms with E-state index in [0.717, 1.165) is 25.8 Å². The van der Waals surface area contributed by atoms with Crippen molar-refractivity contribution in [2.45, 2.75) is 83.0 Å². The fraction of sp³-hybridized carbons (Fsp3) is 1.00. The Morgan fingerprint density at radius 1 is 1.16 bits per heavy atom. The van der Waals surface area contributed by atoms with Crippen molar-refractivity contribution in [2.24, 2.45) is 0 Å². The maximum Gasteiger partial charge on any atom is 0.0811 e. The molecule has 2 rings (SSSR count). The molecule has 0 bridgehead atoms. The van der Waals surface area contributed by atoms with Gasteiger partial charge < -0.3 is 14.8 Å². The van der Waals surface area contributed by atoms with E-state index in [0.29, 0.717) is 0 Å². The average Bonchev–Trinajstić information content (AvgIpc) is 3.22. The van der Waals surface area contributed by atoms with Crippen LogP contribution in [-0.2, 0) is 9.47 Å². The number of hydrogen-bond acceptors (Lipinski definition) is 3. The van der Waals surface area contributed by atoms with E-state index in [-0.39, 0.29) is 11.7 Å². The summed E-state index contributed by atoms with van der Waals surface area (Å²) in [6.07, 6.45) is 10.7. The van der Waals surface area contributed by atoms with Crippen LogP contribution in [0.1, 0.15) is 65.2 Å². The molecule has 0 heterocycles. The van der Waals surface area contributed by atoms with Crippen LogP contribution >= 0.6 is 0 Å². The van der Waals surface area contributed by atoms with Crippen molar-refractivity contribution in [2.75, 3.05) is 19.8 Å². The SMILES string of the molecule is CCOCC(C)OC1(CNC2CC2)CCCCCC1. The van der Waals surface area contributed by atoms with Crippen LogP contribution in [0.25, 0.3) is 0 Å². The molecule has 2 saturated carbocycles. The Morgan fingerprint density at radius 3 is 2.42 bits per heavy atom. The molecule has 2 aliphatic rings. The molecular weight excluding hydrogens is 238 g/mol. The van der Waals surface area contributed by atoms with Gasteiger partial charge in [-0.1, -0.05) is 25.7 Å². The highest BCUT2D eigenvalue weighted by Crippen LogP contribution is 2.32. The lowest BCUT2D eigenvalue weighted by molar-refractivity contribution is -0.117. The molecule has 112 valence electrons. The summed E-state index contributed by atoms with van der Waals surface area (Å²) in [5.74, 6) is 0. The van der Waals surface area contributed by atoms with Crippen molar-refractivity contribution < 1.29 is 9.47 Å². The van der Waals surface area contributed by atoms with Gasteiger partial charge in [0.2, 0.25) is 0 Å². The molecule has 0 aromatic rings. The zero-order chi connectivity index (χ0) is 13.6. The lowest BCUT2D eigenvalue weighted by atomic mass is 9.93. The summed E-state index contributed by atoms with van der Waals surface area (Å²) >= 11 is 0. The Bertz CT molecular complexity index is 245. The first-order chi connectivity index (χ1) is 9.24. The molecular formula is C16H31NO2. The quantitative estimate of drug-likeness (QED) is 0.686. The molecule has 0 aliphatic heterocycles. The highest BCUT2D eigenvalue weighted by molar-refractivity contribution is 4.90. The minimum atomic E-state index is 0.0651. The summed E-state index contributed by atoms with van der Waals surface area (Å²) in [5.41, 5.74) is 0.0651. The van der Waals surface area contributed by atoms with Gasteiger partial charge in [0.1, 0.15) is 0 Å². The Kier molecular flexibility index (Phi) is 6.11. The summed E-state index contributed by atoms with van der Waals surface area (Å²) in [4.78, 5) is 0. The van der Waals surface area contributed by atoms with E-state index in [1.165, 1.54) is 51.4 Å². The molecule has 2 aliphatic carbocycles. The molecule has 0 saturated heterocycles. The van der Waals surface area contributed by atoms with E-state index in [1.807, 2.05) is 6.92 Å². The van der Waals surface area contributed by atoms with Crippen molar-refractivity contribution in [3.63, 3.8) is 0 Å². The minimum Gasteiger partial charge on any atom is -0.379 e. The molecule has 3 heteroatoms. The zero-order valence-electron chi connectivity index (χ0n) is 12.7. The fourth-order valence-electron chi connectivity index (χ4n) is 3.07. The van der Waals surface area contributed by atoms with Crippen LogP contribution in [-0.4, -0.2) is 37.5 Å². The summed E-state index contributed by atoms with van der Waals surface area (Å²) in [5, 5.41) is 3.69.